The zero-order chi connectivity index (χ0) is 15.0. The lowest BCUT2D eigenvalue weighted by atomic mass is 9.98. The van der Waals surface area contributed by atoms with Crippen LogP contribution in [0.3, 0.4) is 0 Å². The Morgan fingerprint density at radius 3 is 2.76 bits per heavy atom. The first kappa shape index (κ1) is 13.7. The number of rotatable bonds is 3. The Hall–Kier alpha value is -2.28. The Labute approximate surface area is 121 Å². The van der Waals surface area contributed by atoms with E-state index in [9.17, 15) is 10.1 Å². The second kappa shape index (κ2) is 4.92. The lowest BCUT2D eigenvalue weighted by Crippen LogP contribution is -2.34. The summed E-state index contributed by atoms with van der Waals surface area (Å²) in [7, 11) is 0. The monoisotopic (exact) mass is 288 g/mol. The molecule has 7 heteroatoms. The molecule has 1 heterocycles. The maximum atomic E-state index is 11.0. The Morgan fingerprint density at radius 1 is 1.38 bits per heavy atom. The van der Waals surface area contributed by atoms with Gasteiger partial charge in [-0.2, -0.15) is 4.98 Å². The number of nitro benzene ring substituents is 1. The summed E-state index contributed by atoms with van der Waals surface area (Å²) in [6.07, 6.45) is 3.77. The van der Waals surface area contributed by atoms with E-state index in [4.69, 9.17) is 10.3 Å². The van der Waals surface area contributed by atoms with E-state index in [0.717, 1.165) is 25.7 Å². The minimum Gasteiger partial charge on any atom is -0.334 e. The first-order valence-electron chi connectivity index (χ1n) is 6.88. The SMILES string of the molecule is Cc1ccc(-c2nc(C3(N)CCCC3)no2)cc1[N+](=O)[O-]. The van der Waals surface area contributed by atoms with Crippen LogP contribution in [0.15, 0.2) is 22.7 Å². The van der Waals surface area contributed by atoms with Crippen LogP contribution in [-0.4, -0.2) is 15.1 Å². The first-order valence-corrected chi connectivity index (χ1v) is 6.88. The van der Waals surface area contributed by atoms with E-state index in [0.29, 0.717) is 17.0 Å². The van der Waals surface area contributed by atoms with Crippen LogP contribution >= 0.6 is 0 Å². The maximum Gasteiger partial charge on any atom is 0.273 e. The molecule has 7 nitrogen and oxygen atoms in total. The van der Waals surface area contributed by atoms with Crippen molar-refractivity contribution in [2.45, 2.75) is 38.1 Å². The summed E-state index contributed by atoms with van der Waals surface area (Å²) in [5, 5.41) is 15.0. The van der Waals surface area contributed by atoms with Crippen LogP contribution < -0.4 is 5.73 Å². The molecule has 0 bridgehead atoms. The molecule has 0 aliphatic heterocycles. The fourth-order valence-electron chi connectivity index (χ4n) is 2.71. The van der Waals surface area contributed by atoms with Gasteiger partial charge in [-0.15, -0.1) is 0 Å². The molecule has 0 saturated heterocycles. The van der Waals surface area contributed by atoms with Gasteiger partial charge < -0.3 is 10.3 Å². The van der Waals surface area contributed by atoms with Crippen molar-refractivity contribution in [1.29, 1.82) is 0 Å². The van der Waals surface area contributed by atoms with Crippen molar-refractivity contribution in [3.8, 4) is 11.5 Å². The molecule has 1 saturated carbocycles. The topological polar surface area (TPSA) is 108 Å². The van der Waals surface area contributed by atoms with Crippen LogP contribution in [0.5, 0.6) is 0 Å². The molecular weight excluding hydrogens is 272 g/mol. The summed E-state index contributed by atoms with van der Waals surface area (Å²) in [5.74, 6) is 0.753. The summed E-state index contributed by atoms with van der Waals surface area (Å²) in [4.78, 5) is 14.9. The van der Waals surface area contributed by atoms with E-state index in [1.807, 2.05) is 0 Å². The van der Waals surface area contributed by atoms with Crippen LogP contribution in [0.1, 0.15) is 37.1 Å². The minimum absolute atomic E-state index is 0.0376. The van der Waals surface area contributed by atoms with Gasteiger partial charge in [0.25, 0.3) is 11.6 Å². The molecule has 0 atom stereocenters. The van der Waals surface area contributed by atoms with Gasteiger partial charge in [-0.05, 0) is 25.8 Å². The molecule has 1 aromatic carbocycles. The average molecular weight is 288 g/mol. The predicted molar refractivity (Wildman–Crippen MR) is 75.5 cm³/mol. The molecule has 1 aliphatic carbocycles. The van der Waals surface area contributed by atoms with Crippen LogP contribution in [0.4, 0.5) is 5.69 Å². The van der Waals surface area contributed by atoms with E-state index in [2.05, 4.69) is 10.1 Å². The normalized spacial score (nSPS) is 17.0. The lowest BCUT2D eigenvalue weighted by molar-refractivity contribution is -0.385. The predicted octanol–water partition coefficient (Wildman–Crippen LogP) is 2.68. The fourth-order valence-corrected chi connectivity index (χ4v) is 2.71. The highest BCUT2D eigenvalue weighted by atomic mass is 16.6. The van der Waals surface area contributed by atoms with E-state index >= 15 is 0 Å². The van der Waals surface area contributed by atoms with Gasteiger partial charge in [0.2, 0.25) is 0 Å². The van der Waals surface area contributed by atoms with Crippen LogP contribution in [-0.2, 0) is 5.54 Å². The molecule has 1 aliphatic rings. The second-order valence-corrected chi connectivity index (χ2v) is 5.54. The minimum atomic E-state index is -0.529. The third kappa shape index (κ3) is 2.40. The van der Waals surface area contributed by atoms with E-state index < -0.39 is 10.5 Å². The van der Waals surface area contributed by atoms with Crippen molar-refractivity contribution in [3.05, 3.63) is 39.7 Å². The molecule has 0 amide bonds. The van der Waals surface area contributed by atoms with Gasteiger partial charge in [-0.1, -0.05) is 24.1 Å². The Kier molecular flexibility index (Phi) is 3.21. The van der Waals surface area contributed by atoms with Gasteiger partial charge in [-0.3, -0.25) is 10.1 Å². The van der Waals surface area contributed by atoms with E-state index in [1.165, 1.54) is 6.07 Å². The summed E-state index contributed by atoms with van der Waals surface area (Å²) >= 11 is 0. The zero-order valence-corrected chi connectivity index (χ0v) is 11.7. The molecule has 21 heavy (non-hydrogen) atoms. The van der Waals surface area contributed by atoms with Crippen LogP contribution in [0.2, 0.25) is 0 Å². The van der Waals surface area contributed by atoms with Crippen molar-refractivity contribution in [2.75, 3.05) is 0 Å². The molecule has 0 spiro atoms. The van der Waals surface area contributed by atoms with E-state index in [-0.39, 0.29) is 11.6 Å². The fraction of sp³-hybridized carbons (Fsp3) is 0.429. The number of benzene rings is 1. The van der Waals surface area contributed by atoms with Gasteiger partial charge in [0, 0.05) is 17.2 Å². The van der Waals surface area contributed by atoms with Crippen molar-refractivity contribution in [1.82, 2.24) is 10.1 Å². The number of nitrogens with two attached hydrogens (primary N) is 1. The molecular formula is C14H16N4O3. The van der Waals surface area contributed by atoms with Crippen LogP contribution in [0.25, 0.3) is 11.5 Å². The standard InChI is InChI=1S/C14H16N4O3/c1-9-4-5-10(8-11(9)18(19)20)12-16-13(17-21-12)14(15)6-2-3-7-14/h4-5,8H,2-3,6-7,15H2,1H3. The van der Waals surface area contributed by atoms with Crippen molar-refractivity contribution < 1.29 is 9.45 Å². The highest BCUT2D eigenvalue weighted by Gasteiger charge is 2.36. The maximum absolute atomic E-state index is 11.0. The lowest BCUT2D eigenvalue weighted by Gasteiger charge is -2.17. The largest absolute Gasteiger partial charge is 0.334 e. The zero-order valence-electron chi connectivity index (χ0n) is 11.7. The third-order valence-corrected chi connectivity index (χ3v) is 4.02. The van der Waals surface area contributed by atoms with Gasteiger partial charge in [0.1, 0.15) is 0 Å². The summed E-state index contributed by atoms with van der Waals surface area (Å²) < 4.78 is 5.24. The molecule has 3 rings (SSSR count). The van der Waals surface area contributed by atoms with Crippen molar-refractivity contribution in [3.63, 3.8) is 0 Å². The number of aryl methyl sites for hydroxylation is 1. The number of hydrogen-bond donors (Lipinski definition) is 1. The molecule has 2 N–H and O–H groups in total. The summed E-state index contributed by atoms with van der Waals surface area (Å²) in [6.45, 7) is 1.69. The smallest absolute Gasteiger partial charge is 0.273 e. The quantitative estimate of drug-likeness (QED) is 0.687. The average Bonchev–Trinajstić information content (AvgIpc) is 3.08. The molecule has 1 aromatic heterocycles. The second-order valence-electron chi connectivity index (χ2n) is 5.54. The summed E-state index contributed by atoms with van der Waals surface area (Å²) in [5.41, 5.74) is 6.92. The number of hydrogen-bond acceptors (Lipinski definition) is 6. The number of aromatic nitrogens is 2. The van der Waals surface area contributed by atoms with E-state index in [1.54, 1.807) is 19.1 Å². The van der Waals surface area contributed by atoms with Gasteiger partial charge in [-0.25, -0.2) is 0 Å². The molecule has 1 fully saturated rings. The highest BCUT2D eigenvalue weighted by molar-refractivity contribution is 5.60. The molecule has 110 valence electrons. The van der Waals surface area contributed by atoms with Gasteiger partial charge >= 0.3 is 0 Å². The molecule has 0 radical (unpaired) electrons. The number of nitro groups is 1. The Balaban J connectivity index is 1.97. The van der Waals surface area contributed by atoms with Crippen molar-refractivity contribution >= 4 is 5.69 Å². The Morgan fingerprint density at radius 2 is 2.10 bits per heavy atom. The van der Waals surface area contributed by atoms with Gasteiger partial charge in [0.15, 0.2) is 5.82 Å². The highest BCUT2D eigenvalue weighted by Crippen LogP contribution is 2.35. The van der Waals surface area contributed by atoms with Crippen LogP contribution in [0, 0.1) is 17.0 Å². The molecule has 0 unspecified atom stereocenters. The summed E-state index contributed by atoms with van der Waals surface area (Å²) in [6, 6.07) is 4.85. The number of nitrogens with zero attached hydrogens (tertiary/aromatic N) is 3. The third-order valence-electron chi connectivity index (χ3n) is 4.02. The Bertz CT molecular complexity index is 689. The van der Waals surface area contributed by atoms with Gasteiger partial charge in [0.05, 0.1) is 10.5 Å². The van der Waals surface area contributed by atoms with Crippen molar-refractivity contribution in [2.24, 2.45) is 5.73 Å². The first-order chi connectivity index (χ1) is 9.99. The molecule has 2 aromatic rings.